The first-order chi connectivity index (χ1) is 10.2. The Labute approximate surface area is 124 Å². The van der Waals surface area contributed by atoms with E-state index in [1.165, 1.54) is 19.3 Å². The van der Waals surface area contributed by atoms with Crippen LogP contribution in [0.4, 0.5) is 16.2 Å². The molecule has 0 unspecified atom stereocenters. The van der Waals surface area contributed by atoms with Gasteiger partial charge in [0.05, 0.1) is 0 Å². The lowest BCUT2D eigenvalue weighted by Gasteiger charge is -2.23. The topological polar surface area (TPSA) is 70.2 Å². The van der Waals surface area contributed by atoms with E-state index >= 15 is 0 Å². The highest BCUT2D eigenvalue weighted by Gasteiger charge is 2.17. The minimum absolute atomic E-state index is 0.0539. The number of carbonyl (C=O) groups is 2. The van der Waals surface area contributed by atoms with Crippen LogP contribution < -0.4 is 16.0 Å². The summed E-state index contributed by atoms with van der Waals surface area (Å²) in [5.41, 5.74) is 2.70. The second kappa shape index (κ2) is 6.16. The van der Waals surface area contributed by atoms with Crippen LogP contribution in [0.1, 0.15) is 44.1 Å². The number of fused-ring (bicyclic) bond motifs is 1. The SMILES string of the molecule is O=C1CCc2cc(NC(=O)NC3CCCCC3)ccc2N1. The lowest BCUT2D eigenvalue weighted by molar-refractivity contribution is -0.116. The van der Waals surface area contributed by atoms with Crippen molar-refractivity contribution in [2.75, 3.05) is 10.6 Å². The minimum Gasteiger partial charge on any atom is -0.335 e. The van der Waals surface area contributed by atoms with Crippen molar-refractivity contribution in [2.45, 2.75) is 51.0 Å². The molecule has 21 heavy (non-hydrogen) atoms. The zero-order valence-electron chi connectivity index (χ0n) is 12.1. The van der Waals surface area contributed by atoms with Gasteiger partial charge in [-0.25, -0.2) is 4.79 Å². The number of amides is 3. The Morgan fingerprint density at radius 3 is 2.76 bits per heavy atom. The van der Waals surface area contributed by atoms with E-state index in [0.717, 1.165) is 36.2 Å². The lowest BCUT2D eigenvalue weighted by Crippen LogP contribution is -2.39. The van der Waals surface area contributed by atoms with Gasteiger partial charge in [-0.05, 0) is 43.0 Å². The molecule has 0 saturated heterocycles. The molecule has 1 saturated carbocycles. The molecule has 1 aromatic carbocycles. The highest BCUT2D eigenvalue weighted by atomic mass is 16.2. The normalized spacial score (nSPS) is 18.6. The molecule has 1 aliphatic carbocycles. The lowest BCUT2D eigenvalue weighted by atomic mass is 9.96. The summed E-state index contributed by atoms with van der Waals surface area (Å²) >= 11 is 0. The van der Waals surface area contributed by atoms with E-state index in [9.17, 15) is 9.59 Å². The van der Waals surface area contributed by atoms with Crippen LogP contribution in [-0.2, 0) is 11.2 Å². The van der Waals surface area contributed by atoms with E-state index in [0.29, 0.717) is 12.5 Å². The summed E-state index contributed by atoms with van der Waals surface area (Å²) in [6, 6.07) is 5.78. The summed E-state index contributed by atoms with van der Waals surface area (Å²) in [6.45, 7) is 0. The fourth-order valence-corrected chi connectivity index (χ4v) is 3.06. The van der Waals surface area contributed by atoms with Crippen LogP contribution in [0.3, 0.4) is 0 Å². The van der Waals surface area contributed by atoms with Gasteiger partial charge in [-0.2, -0.15) is 0 Å². The van der Waals surface area contributed by atoms with Crippen molar-refractivity contribution in [1.82, 2.24) is 5.32 Å². The molecule has 1 aliphatic heterocycles. The maximum absolute atomic E-state index is 12.0. The largest absolute Gasteiger partial charge is 0.335 e. The summed E-state index contributed by atoms with van der Waals surface area (Å²) in [5, 5.41) is 8.76. The van der Waals surface area contributed by atoms with E-state index in [1.54, 1.807) is 0 Å². The predicted molar refractivity (Wildman–Crippen MR) is 82.4 cm³/mol. The highest BCUT2D eigenvalue weighted by molar-refractivity contribution is 5.95. The molecular formula is C16H21N3O2. The van der Waals surface area contributed by atoms with Gasteiger partial charge in [-0.1, -0.05) is 19.3 Å². The summed E-state index contributed by atoms with van der Waals surface area (Å²) in [6.07, 6.45) is 7.04. The van der Waals surface area contributed by atoms with Gasteiger partial charge in [0.15, 0.2) is 0 Å². The van der Waals surface area contributed by atoms with Crippen molar-refractivity contribution < 1.29 is 9.59 Å². The van der Waals surface area contributed by atoms with Crippen molar-refractivity contribution >= 4 is 23.3 Å². The molecular weight excluding hydrogens is 266 g/mol. The molecule has 0 radical (unpaired) electrons. The third-order valence-corrected chi connectivity index (χ3v) is 4.20. The van der Waals surface area contributed by atoms with Gasteiger partial charge in [0, 0.05) is 23.8 Å². The molecule has 0 spiro atoms. The molecule has 3 N–H and O–H groups in total. The molecule has 112 valence electrons. The number of rotatable bonds is 2. The predicted octanol–water partition coefficient (Wildman–Crippen LogP) is 3.03. The number of aryl methyl sites for hydroxylation is 1. The van der Waals surface area contributed by atoms with Gasteiger partial charge in [-0.15, -0.1) is 0 Å². The van der Waals surface area contributed by atoms with Crippen molar-refractivity contribution in [3.05, 3.63) is 23.8 Å². The first-order valence-corrected chi connectivity index (χ1v) is 7.71. The molecule has 0 bridgehead atoms. The average Bonchev–Trinajstić information content (AvgIpc) is 2.48. The molecule has 3 rings (SSSR count). The molecule has 1 fully saturated rings. The monoisotopic (exact) mass is 287 g/mol. The maximum Gasteiger partial charge on any atom is 0.319 e. The van der Waals surface area contributed by atoms with Crippen molar-refractivity contribution in [3.8, 4) is 0 Å². The molecule has 5 heteroatoms. The third-order valence-electron chi connectivity index (χ3n) is 4.20. The van der Waals surface area contributed by atoms with Crippen LogP contribution in [0.15, 0.2) is 18.2 Å². The first-order valence-electron chi connectivity index (χ1n) is 7.71. The molecule has 0 aromatic heterocycles. The van der Waals surface area contributed by atoms with Gasteiger partial charge < -0.3 is 16.0 Å². The molecule has 1 aromatic rings. The summed E-state index contributed by atoms with van der Waals surface area (Å²) in [7, 11) is 0. The number of hydrogen-bond donors (Lipinski definition) is 3. The Kier molecular flexibility index (Phi) is 4.08. The summed E-state index contributed by atoms with van der Waals surface area (Å²) in [4.78, 5) is 23.3. The molecule has 3 amide bonds. The highest BCUT2D eigenvalue weighted by Crippen LogP contribution is 2.25. The van der Waals surface area contributed by atoms with Crippen LogP contribution >= 0.6 is 0 Å². The number of anilines is 2. The Balaban J connectivity index is 1.59. The van der Waals surface area contributed by atoms with E-state index < -0.39 is 0 Å². The Hall–Kier alpha value is -2.04. The van der Waals surface area contributed by atoms with Gasteiger partial charge in [0.25, 0.3) is 0 Å². The molecule has 1 heterocycles. The van der Waals surface area contributed by atoms with E-state index in [2.05, 4.69) is 16.0 Å². The van der Waals surface area contributed by atoms with Crippen LogP contribution in [0.2, 0.25) is 0 Å². The fourth-order valence-electron chi connectivity index (χ4n) is 3.06. The van der Waals surface area contributed by atoms with Crippen LogP contribution in [0.5, 0.6) is 0 Å². The van der Waals surface area contributed by atoms with Gasteiger partial charge in [0.1, 0.15) is 0 Å². The van der Waals surface area contributed by atoms with E-state index in [-0.39, 0.29) is 11.9 Å². The summed E-state index contributed by atoms with van der Waals surface area (Å²) in [5.74, 6) is 0.0539. The smallest absolute Gasteiger partial charge is 0.319 e. The Morgan fingerprint density at radius 2 is 1.95 bits per heavy atom. The Bertz CT molecular complexity index is 550. The van der Waals surface area contributed by atoms with Crippen molar-refractivity contribution in [3.63, 3.8) is 0 Å². The van der Waals surface area contributed by atoms with Crippen LogP contribution in [0.25, 0.3) is 0 Å². The Morgan fingerprint density at radius 1 is 1.14 bits per heavy atom. The molecule has 0 atom stereocenters. The van der Waals surface area contributed by atoms with Crippen LogP contribution in [0, 0.1) is 0 Å². The second-order valence-corrected chi connectivity index (χ2v) is 5.85. The zero-order valence-corrected chi connectivity index (χ0v) is 12.1. The standard InChI is InChI=1S/C16H21N3O2/c20-15-9-6-11-10-13(7-8-14(11)19-15)18-16(21)17-12-4-2-1-3-5-12/h7-8,10,12H,1-6,9H2,(H,19,20)(H2,17,18,21). The third kappa shape index (κ3) is 3.54. The van der Waals surface area contributed by atoms with Crippen molar-refractivity contribution in [2.24, 2.45) is 0 Å². The number of benzene rings is 1. The molecule has 2 aliphatic rings. The van der Waals surface area contributed by atoms with Gasteiger partial charge >= 0.3 is 6.03 Å². The fraction of sp³-hybridized carbons (Fsp3) is 0.500. The second-order valence-electron chi connectivity index (χ2n) is 5.85. The summed E-state index contributed by atoms with van der Waals surface area (Å²) < 4.78 is 0. The molecule has 5 nitrogen and oxygen atoms in total. The van der Waals surface area contributed by atoms with Crippen molar-refractivity contribution in [1.29, 1.82) is 0 Å². The van der Waals surface area contributed by atoms with Crippen LogP contribution in [-0.4, -0.2) is 18.0 Å². The minimum atomic E-state index is -0.137. The van der Waals surface area contributed by atoms with Gasteiger partial charge in [-0.3, -0.25) is 4.79 Å². The average molecular weight is 287 g/mol. The van der Waals surface area contributed by atoms with E-state index in [4.69, 9.17) is 0 Å². The number of carbonyl (C=O) groups excluding carboxylic acids is 2. The maximum atomic E-state index is 12.0. The quantitative estimate of drug-likeness (QED) is 0.782. The van der Waals surface area contributed by atoms with Gasteiger partial charge in [0.2, 0.25) is 5.91 Å². The van der Waals surface area contributed by atoms with E-state index in [1.807, 2.05) is 18.2 Å². The number of hydrogen-bond acceptors (Lipinski definition) is 2. The first kappa shape index (κ1) is 13.9. The zero-order chi connectivity index (χ0) is 14.7. The number of urea groups is 1. The number of nitrogens with one attached hydrogen (secondary N) is 3.